The fourth-order valence-corrected chi connectivity index (χ4v) is 10.4. The number of aliphatic hydroxyl groups is 1. The molecular formula is C35H42NO5+. The summed E-state index contributed by atoms with van der Waals surface area (Å²) >= 11 is 0. The number of carbonyl (C=O) groups excluding carboxylic acids is 2. The Morgan fingerprint density at radius 3 is 2.32 bits per heavy atom. The van der Waals surface area contributed by atoms with E-state index in [4.69, 9.17) is 9.47 Å². The predicted octanol–water partition coefficient (Wildman–Crippen LogP) is 5.39. The molecular weight excluding hydrogens is 514 g/mol. The molecule has 4 bridgehead atoms. The molecule has 9 atom stereocenters. The Labute approximate surface area is 242 Å². The van der Waals surface area contributed by atoms with Crippen molar-refractivity contribution in [3.63, 3.8) is 0 Å². The third kappa shape index (κ3) is 4.04. The minimum absolute atomic E-state index is 0.0415. The zero-order valence-electron chi connectivity index (χ0n) is 24.2. The van der Waals surface area contributed by atoms with Gasteiger partial charge in [-0.05, 0) is 80.0 Å². The molecule has 0 aromatic heterocycles. The number of aliphatic hydroxyl groups excluding tert-OH is 1. The molecule has 0 unspecified atom stereocenters. The highest BCUT2D eigenvalue weighted by atomic mass is 16.5. The molecule has 1 heterocycles. The molecule has 0 saturated heterocycles. The molecule has 7 rings (SSSR count). The topological polar surface area (TPSA) is 75.8 Å². The van der Waals surface area contributed by atoms with Gasteiger partial charge in [-0.25, -0.2) is 14.2 Å². The van der Waals surface area contributed by atoms with Crippen molar-refractivity contribution in [2.75, 3.05) is 19.7 Å². The van der Waals surface area contributed by atoms with Gasteiger partial charge in [-0.2, -0.15) is 0 Å². The van der Waals surface area contributed by atoms with E-state index >= 15 is 0 Å². The Balaban J connectivity index is 1.20. The zero-order valence-corrected chi connectivity index (χ0v) is 24.2. The van der Waals surface area contributed by atoms with Crippen LogP contribution in [0.2, 0.25) is 0 Å². The third-order valence-electron chi connectivity index (χ3n) is 12.0. The van der Waals surface area contributed by atoms with Crippen LogP contribution in [0.3, 0.4) is 0 Å². The van der Waals surface area contributed by atoms with Gasteiger partial charge in [-0.15, -0.1) is 0 Å². The summed E-state index contributed by atoms with van der Waals surface area (Å²) in [5.41, 5.74) is 0.762. The second-order valence-corrected chi connectivity index (χ2v) is 13.9. The van der Waals surface area contributed by atoms with E-state index < -0.39 is 11.5 Å². The summed E-state index contributed by atoms with van der Waals surface area (Å²) in [5.74, 6) is 0.765. The van der Waals surface area contributed by atoms with Gasteiger partial charge >= 0.3 is 11.9 Å². The molecule has 4 aliphatic carbocycles. The first-order valence-corrected chi connectivity index (χ1v) is 15.5. The molecule has 1 N–H and O–H groups in total. The van der Waals surface area contributed by atoms with Gasteiger partial charge in [0.1, 0.15) is 25.5 Å². The van der Waals surface area contributed by atoms with Crippen LogP contribution in [0.25, 0.3) is 0 Å². The van der Waals surface area contributed by atoms with Gasteiger partial charge in [0.25, 0.3) is 0 Å². The van der Waals surface area contributed by atoms with Gasteiger partial charge in [-0.1, -0.05) is 56.7 Å². The Hall–Kier alpha value is -2.99. The average Bonchev–Trinajstić information content (AvgIpc) is 3.50. The highest BCUT2D eigenvalue weighted by molar-refractivity contribution is 5.90. The lowest BCUT2D eigenvalue weighted by molar-refractivity contribution is -0.559. The van der Waals surface area contributed by atoms with Crippen LogP contribution < -0.4 is 0 Å². The molecule has 1 aliphatic heterocycles. The maximum Gasteiger partial charge on any atom is 0.338 e. The number of carbonyl (C=O) groups is 2. The number of ether oxygens (including phenoxy) is 2. The number of benzene rings is 2. The van der Waals surface area contributed by atoms with Gasteiger partial charge < -0.3 is 14.6 Å². The van der Waals surface area contributed by atoms with E-state index in [0.717, 1.165) is 38.6 Å². The second-order valence-electron chi connectivity index (χ2n) is 13.9. The van der Waals surface area contributed by atoms with E-state index in [9.17, 15) is 14.7 Å². The van der Waals surface area contributed by atoms with E-state index in [-0.39, 0.29) is 40.7 Å². The Bertz CT molecular complexity index is 1360. The van der Waals surface area contributed by atoms with Gasteiger partial charge in [-0.3, -0.25) is 0 Å². The molecule has 41 heavy (non-hydrogen) atoms. The molecule has 4 saturated carbocycles. The Morgan fingerprint density at radius 2 is 1.63 bits per heavy atom. The van der Waals surface area contributed by atoms with Crippen LogP contribution in [0.15, 0.2) is 60.7 Å². The lowest BCUT2D eigenvalue weighted by Crippen LogP contribution is -2.69. The number of hydrogen-bond donors (Lipinski definition) is 1. The molecule has 1 spiro atoms. The van der Waals surface area contributed by atoms with Crippen LogP contribution in [0.1, 0.15) is 73.1 Å². The van der Waals surface area contributed by atoms with Crippen molar-refractivity contribution in [2.24, 2.45) is 39.9 Å². The van der Waals surface area contributed by atoms with Gasteiger partial charge in [0, 0.05) is 10.8 Å². The maximum absolute atomic E-state index is 13.4. The minimum Gasteiger partial charge on any atom is -0.458 e. The molecule has 5 aliphatic rings. The molecule has 0 amide bonds. The summed E-state index contributed by atoms with van der Waals surface area (Å²) in [5, 5.41) is 11.9. The van der Waals surface area contributed by atoms with Crippen LogP contribution in [-0.4, -0.2) is 59.7 Å². The van der Waals surface area contributed by atoms with Crippen molar-refractivity contribution < 1.29 is 28.7 Å². The maximum atomic E-state index is 13.4. The third-order valence-corrected chi connectivity index (χ3v) is 12.0. The summed E-state index contributed by atoms with van der Waals surface area (Å²) in [6.07, 6.45) is 7.97. The largest absolute Gasteiger partial charge is 0.458 e. The van der Waals surface area contributed by atoms with E-state index in [1.54, 1.807) is 12.1 Å². The number of nitrogens with zero attached hydrogens (tertiary/aromatic N) is 1. The van der Waals surface area contributed by atoms with Crippen molar-refractivity contribution in [1.29, 1.82) is 0 Å². The Kier molecular flexibility index (Phi) is 6.42. The van der Waals surface area contributed by atoms with Gasteiger partial charge in [0.05, 0.1) is 22.6 Å². The first-order valence-electron chi connectivity index (χ1n) is 15.5. The second kappa shape index (κ2) is 9.79. The van der Waals surface area contributed by atoms with Crippen molar-refractivity contribution in [3.05, 3.63) is 71.8 Å². The summed E-state index contributed by atoms with van der Waals surface area (Å²) in [6.45, 7) is 6.52. The highest BCUT2D eigenvalue weighted by Gasteiger charge is 2.76. The molecule has 216 valence electrons. The van der Waals surface area contributed by atoms with Crippen LogP contribution in [0.4, 0.5) is 0 Å². The van der Waals surface area contributed by atoms with E-state index in [2.05, 4.69) is 24.6 Å². The van der Waals surface area contributed by atoms with Crippen molar-refractivity contribution in [2.45, 2.75) is 64.6 Å². The first-order chi connectivity index (χ1) is 19.8. The molecule has 2 aromatic rings. The van der Waals surface area contributed by atoms with Gasteiger partial charge in [0.2, 0.25) is 0 Å². The molecule has 0 radical (unpaired) electrons. The number of esters is 2. The van der Waals surface area contributed by atoms with E-state index in [1.807, 2.05) is 48.5 Å². The first kappa shape index (κ1) is 26.9. The Morgan fingerprint density at radius 1 is 0.951 bits per heavy atom. The van der Waals surface area contributed by atoms with Crippen LogP contribution >= 0.6 is 0 Å². The summed E-state index contributed by atoms with van der Waals surface area (Å²) < 4.78 is 14.6. The standard InChI is InChI=1S/C35H42NO5/c1-23-26-18-28-34-15-9-14-33(2,21-36(22-34)16-17-40-31(38)24-10-5-3-6-11-24)27(34)19-29(35(28,20-26)30(23)37)41-32(39)25-12-7-4-8-13-25/h3-8,10-13,22-23,26-30,37H,9,14-21H2,1-2H3/q+1/t23-,26+,27-,28-,29-,30+,33+,34+,35+/m1/s1. The van der Waals surface area contributed by atoms with Crippen LogP contribution in [-0.2, 0) is 9.47 Å². The van der Waals surface area contributed by atoms with Crippen molar-refractivity contribution in [1.82, 2.24) is 0 Å². The van der Waals surface area contributed by atoms with E-state index in [1.165, 1.54) is 6.42 Å². The predicted molar refractivity (Wildman–Crippen MR) is 155 cm³/mol. The smallest absolute Gasteiger partial charge is 0.338 e. The van der Waals surface area contributed by atoms with Gasteiger partial charge in [0.15, 0.2) is 6.54 Å². The number of hydrogen-bond acceptors (Lipinski definition) is 5. The lowest BCUT2D eigenvalue weighted by Gasteiger charge is -2.64. The SMILES string of the molecule is C[C@@H]1[C@H]2C[C@@H]3[C@]45C=[N+](CCOC(=O)c6ccccc6)C[C@](C)(CCC4)[C@H]5C[C@@H](OC(=O)c4ccccc4)[C@@]3(C2)[C@H]1O. The summed E-state index contributed by atoms with van der Waals surface area (Å²) in [4.78, 5) is 26.0. The molecule has 4 fully saturated rings. The van der Waals surface area contributed by atoms with E-state index in [0.29, 0.717) is 36.1 Å². The quantitative estimate of drug-likeness (QED) is 0.382. The minimum atomic E-state index is -0.473. The van der Waals surface area contributed by atoms with Crippen molar-refractivity contribution in [3.8, 4) is 0 Å². The fourth-order valence-electron chi connectivity index (χ4n) is 10.4. The van der Waals surface area contributed by atoms with Crippen LogP contribution in [0, 0.1) is 39.9 Å². The molecule has 2 aromatic carbocycles. The highest BCUT2D eigenvalue weighted by Crippen LogP contribution is 2.75. The summed E-state index contributed by atoms with van der Waals surface area (Å²) in [6, 6.07) is 18.5. The molecule has 6 nitrogen and oxygen atoms in total. The lowest BCUT2D eigenvalue weighted by atomic mass is 9.40. The monoisotopic (exact) mass is 556 g/mol. The normalized spacial score (nSPS) is 40.2. The van der Waals surface area contributed by atoms with Crippen molar-refractivity contribution >= 4 is 18.2 Å². The average molecular weight is 557 g/mol. The number of rotatable bonds is 6. The fraction of sp³-hybridized carbons (Fsp3) is 0.571. The summed E-state index contributed by atoms with van der Waals surface area (Å²) in [7, 11) is 0. The molecule has 6 heteroatoms. The number of fused-ring (bicyclic) bond motifs is 1. The van der Waals surface area contributed by atoms with Crippen LogP contribution in [0.5, 0.6) is 0 Å². The zero-order chi connectivity index (χ0) is 28.4.